The Morgan fingerprint density at radius 3 is 1.10 bits per heavy atom. The second kappa shape index (κ2) is 60.8. The number of likely N-dealkylation sites (N-methyl/N-ethyl adjacent to an activating group) is 1. The lowest BCUT2D eigenvalue weighted by Crippen LogP contribution is -2.37. The number of esters is 2. The molecule has 0 aromatic rings. The Kier molecular flexibility index (Phi) is 58.6. The summed E-state index contributed by atoms with van der Waals surface area (Å²) in [6.07, 6.45) is 82.9. The van der Waals surface area contributed by atoms with Crippen LogP contribution < -0.4 is 0 Å². The van der Waals surface area contributed by atoms with Crippen molar-refractivity contribution >= 4 is 19.8 Å². The molecule has 0 rings (SSSR count). The molecule has 0 amide bonds. The van der Waals surface area contributed by atoms with Gasteiger partial charge in [-0.2, -0.15) is 0 Å². The number of rotatable bonds is 61. The molecule has 0 bridgehead atoms. The minimum absolute atomic E-state index is 0.0190. The van der Waals surface area contributed by atoms with E-state index in [2.05, 4.69) is 98.9 Å². The molecule has 464 valence electrons. The maximum Gasteiger partial charge on any atom is 0.472 e. The first-order valence-corrected chi connectivity index (χ1v) is 34.8. The molecule has 0 aliphatic rings. The van der Waals surface area contributed by atoms with E-state index < -0.39 is 26.5 Å². The Morgan fingerprint density at radius 1 is 0.400 bits per heavy atom. The summed E-state index contributed by atoms with van der Waals surface area (Å²) in [4.78, 5) is 35.7. The highest BCUT2D eigenvalue weighted by molar-refractivity contribution is 7.47. The summed E-state index contributed by atoms with van der Waals surface area (Å²) in [5, 5.41) is 0. The van der Waals surface area contributed by atoms with Crippen molar-refractivity contribution in [2.24, 2.45) is 0 Å². The number of hydrogen-bond acceptors (Lipinski definition) is 7. The number of nitrogens with zero attached hydrogens (tertiary/aromatic N) is 1. The van der Waals surface area contributed by atoms with Crippen molar-refractivity contribution in [3.63, 3.8) is 0 Å². The Bertz CT molecular complexity index is 1630. The standard InChI is InChI=1S/C70H126NO8P/c1-6-8-10-12-14-16-18-20-22-24-25-26-27-28-29-30-31-32-33-34-35-36-37-38-39-40-41-42-43-44-45-47-48-50-52-54-56-58-60-62-69(72)76-66-68(67-78-80(74,75)77-65-64-71(3,4)5)79-70(73)63-61-59-57-55-53-51-49-46-23-21-19-17-15-13-11-9-7-2/h9,11,15,17-18,20-21,23-25,49,51,55,57,68H,6-8,10,12-14,16,19,22,26-48,50,52-54,56,58-67H2,1-5H3/p+1/b11-9-,17-15-,20-18-,23-21-,25-24-,51-49-,57-55-. The van der Waals surface area contributed by atoms with E-state index in [9.17, 15) is 19.0 Å². The van der Waals surface area contributed by atoms with Gasteiger partial charge in [0.05, 0.1) is 27.7 Å². The Labute approximate surface area is 494 Å². The van der Waals surface area contributed by atoms with Crippen LogP contribution in [0.3, 0.4) is 0 Å². The molecule has 80 heavy (non-hydrogen) atoms. The summed E-state index contributed by atoms with van der Waals surface area (Å²) in [6.45, 7) is 4.26. The van der Waals surface area contributed by atoms with Gasteiger partial charge in [0.15, 0.2) is 6.10 Å². The van der Waals surface area contributed by atoms with Crippen molar-refractivity contribution < 1.29 is 42.1 Å². The number of unbranched alkanes of at least 4 members (excludes halogenated alkanes) is 33. The third-order valence-electron chi connectivity index (χ3n) is 14.4. The maximum atomic E-state index is 12.8. The van der Waals surface area contributed by atoms with Gasteiger partial charge in [0, 0.05) is 12.8 Å². The van der Waals surface area contributed by atoms with Crippen molar-refractivity contribution in [3.8, 4) is 0 Å². The fourth-order valence-corrected chi connectivity index (χ4v) is 10.1. The zero-order valence-corrected chi connectivity index (χ0v) is 53.7. The SMILES string of the molecule is CC/C=C\C/C=C\C/C=C\C/C=C\C/C=C\CCCC(=O)OC(COC(=O)CCCCCCCCCCCCCCCCCCCCCCCCCCCCC/C=C\C/C=C\CCCCCCC)COP(=O)(O)OCC[N+](C)(C)C. The van der Waals surface area contributed by atoms with Crippen LogP contribution in [-0.4, -0.2) is 74.9 Å². The van der Waals surface area contributed by atoms with Crippen LogP contribution in [0, 0.1) is 0 Å². The molecule has 10 heteroatoms. The van der Waals surface area contributed by atoms with Crippen LogP contribution >= 0.6 is 7.82 Å². The minimum atomic E-state index is -4.40. The molecule has 9 nitrogen and oxygen atoms in total. The molecule has 0 radical (unpaired) electrons. The molecule has 2 atom stereocenters. The van der Waals surface area contributed by atoms with Crippen LogP contribution in [0.2, 0.25) is 0 Å². The number of ether oxygens (including phenoxy) is 2. The van der Waals surface area contributed by atoms with E-state index in [0.717, 1.165) is 57.8 Å². The summed E-state index contributed by atoms with van der Waals surface area (Å²) in [6, 6.07) is 0. The minimum Gasteiger partial charge on any atom is -0.462 e. The van der Waals surface area contributed by atoms with Gasteiger partial charge in [-0.15, -0.1) is 0 Å². The third-order valence-corrected chi connectivity index (χ3v) is 15.4. The molecule has 0 saturated carbocycles. The van der Waals surface area contributed by atoms with Crippen LogP contribution in [0.5, 0.6) is 0 Å². The van der Waals surface area contributed by atoms with Gasteiger partial charge in [0.2, 0.25) is 0 Å². The average Bonchev–Trinajstić information content (AvgIpc) is 3.42. The molecule has 0 aliphatic heterocycles. The molecule has 1 N–H and O–H groups in total. The zero-order chi connectivity index (χ0) is 58.4. The molecule has 2 unspecified atom stereocenters. The predicted molar refractivity (Wildman–Crippen MR) is 344 cm³/mol. The number of allylic oxidation sites excluding steroid dienone is 14. The Morgan fingerprint density at radius 2 is 0.725 bits per heavy atom. The Hall–Kier alpha value is -2.81. The van der Waals surface area contributed by atoms with Crippen LogP contribution in [0.4, 0.5) is 0 Å². The fraction of sp³-hybridized carbons (Fsp3) is 0.771. The molecule has 0 fully saturated rings. The van der Waals surface area contributed by atoms with Crippen molar-refractivity contribution in [1.82, 2.24) is 0 Å². The van der Waals surface area contributed by atoms with Gasteiger partial charge in [0.1, 0.15) is 19.8 Å². The Balaban J connectivity index is 3.94. The number of carbonyl (C=O) groups is 2. The lowest BCUT2D eigenvalue weighted by atomic mass is 10.0. The van der Waals surface area contributed by atoms with Crippen molar-refractivity contribution in [2.75, 3.05) is 47.5 Å². The van der Waals surface area contributed by atoms with Crippen molar-refractivity contribution in [1.29, 1.82) is 0 Å². The van der Waals surface area contributed by atoms with Gasteiger partial charge in [-0.3, -0.25) is 18.6 Å². The monoisotopic (exact) mass is 1140 g/mol. The summed E-state index contributed by atoms with van der Waals surface area (Å²) < 4.78 is 34.5. The number of hydrogen-bond donors (Lipinski definition) is 1. The molecular formula is C70H127NO8P+. The second-order valence-electron chi connectivity index (χ2n) is 23.5. The van der Waals surface area contributed by atoms with Gasteiger partial charge >= 0.3 is 19.8 Å². The molecule has 0 spiro atoms. The molecule has 0 aliphatic carbocycles. The van der Waals surface area contributed by atoms with E-state index in [1.54, 1.807) is 0 Å². The summed E-state index contributed by atoms with van der Waals surface area (Å²) >= 11 is 0. The molecule has 0 aromatic carbocycles. The van der Waals surface area contributed by atoms with Crippen LogP contribution in [0.1, 0.15) is 296 Å². The highest BCUT2D eigenvalue weighted by Gasteiger charge is 2.27. The van der Waals surface area contributed by atoms with E-state index in [1.165, 1.54) is 199 Å². The lowest BCUT2D eigenvalue weighted by molar-refractivity contribution is -0.870. The van der Waals surface area contributed by atoms with Gasteiger partial charge in [0.25, 0.3) is 0 Å². The normalized spacial score (nSPS) is 13.7. The van der Waals surface area contributed by atoms with Crippen molar-refractivity contribution in [3.05, 3.63) is 85.1 Å². The number of phosphoric acid groups is 1. The van der Waals surface area contributed by atoms with E-state index in [-0.39, 0.29) is 32.0 Å². The van der Waals surface area contributed by atoms with E-state index in [4.69, 9.17) is 18.5 Å². The van der Waals surface area contributed by atoms with Gasteiger partial charge in [-0.05, 0) is 83.5 Å². The van der Waals surface area contributed by atoms with E-state index in [1.807, 2.05) is 21.1 Å². The molecule has 0 heterocycles. The van der Waals surface area contributed by atoms with Gasteiger partial charge in [-0.25, -0.2) is 4.57 Å². The topological polar surface area (TPSA) is 108 Å². The van der Waals surface area contributed by atoms with Crippen molar-refractivity contribution in [2.45, 2.75) is 302 Å². The fourth-order valence-electron chi connectivity index (χ4n) is 9.32. The first-order valence-electron chi connectivity index (χ1n) is 33.3. The average molecular weight is 1140 g/mol. The number of carbonyl (C=O) groups excluding carboxylic acids is 2. The summed E-state index contributed by atoms with van der Waals surface area (Å²) in [5.74, 6) is -0.860. The summed E-state index contributed by atoms with van der Waals surface area (Å²) in [7, 11) is 1.44. The van der Waals surface area contributed by atoms with Gasteiger partial charge < -0.3 is 18.9 Å². The maximum absolute atomic E-state index is 12.8. The second-order valence-corrected chi connectivity index (χ2v) is 24.9. The first kappa shape index (κ1) is 77.2. The van der Waals surface area contributed by atoms with Gasteiger partial charge in [-0.1, -0.05) is 285 Å². The van der Waals surface area contributed by atoms with Crippen LogP contribution in [0.25, 0.3) is 0 Å². The predicted octanol–water partition coefficient (Wildman–Crippen LogP) is 21.4. The quantitative estimate of drug-likeness (QED) is 0.0211. The highest BCUT2D eigenvalue weighted by atomic mass is 31.2. The largest absolute Gasteiger partial charge is 0.472 e. The third kappa shape index (κ3) is 64.4. The highest BCUT2D eigenvalue weighted by Crippen LogP contribution is 2.43. The molecular weight excluding hydrogens is 1010 g/mol. The molecule has 0 aromatic heterocycles. The zero-order valence-electron chi connectivity index (χ0n) is 52.8. The van der Waals surface area contributed by atoms with Crippen LogP contribution in [0.15, 0.2) is 85.1 Å². The lowest BCUT2D eigenvalue weighted by Gasteiger charge is -2.24. The number of phosphoric ester groups is 1. The number of quaternary nitrogens is 1. The van der Waals surface area contributed by atoms with Crippen LogP contribution in [-0.2, 0) is 32.7 Å². The smallest absolute Gasteiger partial charge is 0.462 e. The van der Waals surface area contributed by atoms with E-state index >= 15 is 0 Å². The first-order chi connectivity index (χ1) is 39.0. The molecule has 0 saturated heterocycles. The summed E-state index contributed by atoms with van der Waals surface area (Å²) in [5.41, 5.74) is 0. The van der Waals surface area contributed by atoms with E-state index in [0.29, 0.717) is 23.9 Å².